The van der Waals surface area contributed by atoms with E-state index in [1.165, 1.54) is 27.3 Å². The summed E-state index contributed by atoms with van der Waals surface area (Å²) in [6, 6.07) is 25.3. The topological polar surface area (TPSA) is 51.8 Å². The van der Waals surface area contributed by atoms with Crippen molar-refractivity contribution in [3.63, 3.8) is 0 Å². The van der Waals surface area contributed by atoms with Crippen molar-refractivity contribution in [3.8, 4) is 22.5 Å². The Labute approximate surface area is 270 Å². The number of benzene rings is 2. The quantitative estimate of drug-likeness (QED) is 0.133. The van der Waals surface area contributed by atoms with Gasteiger partial charge < -0.3 is 14.4 Å². The molecule has 223 valence electrons. The molecule has 0 aliphatic carbocycles. The molecule has 0 amide bonds. The van der Waals surface area contributed by atoms with E-state index in [0.29, 0.717) is 5.71 Å². The monoisotopic (exact) mass is 762 g/mol. The maximum Gasteiger partial charge on any atom is 0.216 e. The number of aromatic nitrogens is 3. The van der Waals surface area contributed by atoms with E-state index in [4.69, 9.17) is 4.42 Å². The van der Waals surface area contributed by atoms with Gasteiger partial charge in [0.05, 0.1) is 5.58 Å². The van der Waals surface area contributed by atoms with E-state index < -0.39 is 8.07 Å². The summed E-state index contributed by atoms with van der Waals surface area (Å²) in [6.07, 6.45) is 5.65. The molecule has 6 aromatic rings. The first kappa shape index (κ1) is 32.5. The van der Waals surface area contributed by atoms with Crippen LogP contribution in [0.2, 0.25) is 19.6 Å². The Morgan fingerprint density at radius 3 is 2.23 bits per heavy atom. The molecule has 2 aromatic carbocycles. The van der Waals surface area contributed by atoms with E-state index in [1.54, 1.807) is 0 Å². The molecule has 0 saturated carbocycles. The fraction of sp³-hybridized carbons (Fsp3) is 0.270. The number of fused-ring (bicyclic) bond motifs is 3. The van der Waals surface area contributed by atoms with E-state index in [-0.39, 0.29) is 25.5 Å². The number of hydrogen-bond donors (Lipinski definition) is 0. The first-order chi connectivity index (χ1) is 19.8. The van der Waals surface area contributed by atoms with Gasteiger partial charge in [-0.05, 0) is 66.4 Å². The molecule has 0 unspecified atom stereocenters. The smallest absolute Gasteiger partial charge is 0.216 e. The Balaban J connectivity index is 0.000000238. The van der Waals surface area contributed by atoms with Crippen LogP contribution in [0, 0.1) is 32.9 Å². The van der Waals surface area contributed by atoms with Gasteiger partial charge in [0, 0.05) is 52.2 Å². The van der Waals surface area contributed by atoms with Gasteiger partial charge in [0.15, 0.2) is 0 Å². The van der Waals surface area contributed by atoms with Crippen molar-refractivity contribution in [2.75, 3.05) is 0 Å². The van der Waals surface area contributed by atoms with Crippen molar-refractivity contribution in [2.45, 2.75) is 66.6 Å². The van der Waals surface area contributed by atoms with Crippen molar-refractivity contribution >= 4 is 35.3 Å². The third-order valence-electron chi connectivity index (χ3n) is 7.59. The molecule has 0 saturated heterocycles. The molecule has 1 radical (unpaired) electrons. The molecular weight excluding hydrogens is 723 g/mol. The number of nitrogens with zero attached hydrogens (tertiary/aromatic N) is 3. The van der Waals surface area contributed by atoms with Crippen LogP contribution < -0.4 is 5.19 Å². The molecule has 43 heavy (non-hydrogen) atoms. The van der Waals surface area contributed by atoms with Crippen LogP contribution >= 0.6 is 0 Å². The Bertz CT molecular complexity index is 1880. The minimum Gasteiger partial charge on any atom is -0.486 e. The molecule has 0 bridgehead atoms. The van der Waals surface area contributed by atoms with Gasteiger partial charge in [0.1, 0.15) is 0 Å². The summed E-state index contributed by atoms with van der Waals surface area (Å²) < 4.78 is 6.29. The Morgan fingerprint density at radius 2 is 1.58 bits per heavy atom. The zero-order chi connectivity index (χ0) is 30.2. The first-order valence-electron chi connectivity index (χ1n) is 14.4. The van der Waals surface area contributed by atoms with Gasteiger partial charge in [-0.2, -0.15) is 0 Å². The van der Waals surface area contributed by atoms with Crippen LogP contribution in [0.4, 0.5) is 0 Å². The Hall–Kier alpha value is -3.44. The average molecular weight is 762 g/mol. The molecule has 0 aliphatic rings. The molecular formula is C37H39IrN3OSi-2. The summed E-state index contributed by atoms with van der Waals surface area (Å²) >= 11 is 0. The molecule has 4 heterocycles. The molecule has 0 N–H and O–H groups in total. The van der Waals surface area contributed by atoms with Gasteiger partial charge in [-0.25, -0.2) is 4.98 Å². The van der Waals surface area contributed by atoms with Crippen LogP contribution in [0.25, 0.3) is 44.6 Å². The number of aryl methyl sites for hydroxylation is 3. The fourth-order valence-corrected chi connectivity index (χ4v) is 6.46. The van der Waals surface area contributed by atoms with Crippen LogP contribution in [-0.4, -0.2) is 23.0 Å². The van der Waals surface area contributed by atoms with Crippen LogP contribution in [0.1, 0.15) is 43.0 Å². The molecule has 4 aromatic heterocycles. The van der Waals surface area contributed by atoms with Gasteiger partial charge in [-0.3, -0.25) is 0 Å². The predicted molar refractivity (Wildman–Crippen MR) is 178 cm³/mol. The van der Waals surface area contributed by atoms with Gasteiger partial charge in [0.2, 0.25) is 5.71 Å². The number of furan rings is 1. The van der Waals surface area contributed by atoms with E-state index in [2.05, 4.69) is 119 Å². The average Bonchev–Trinajstić information content (AvgIpc) is 3.32. The second-order valence-corrected chi connectivity index (χ2v) is 18.1. The second kappa shape index (κ2) is 12.7. The zero-order valence-electron chi connectivity index (χ0n) is 26.5. The molecule has 0 atom stereocenters. The first-order valence-corrected chi connectivity index (χ1v) is 17.9. The standard InChI is InChI=1S/C24H27N2OSi.C13H12N.Ir/c1-15-12-18-21-20(28(5,6)7)9-8-17(22(21)27-23(18)26-14-15)19-13-16(10-11-25-19)24(2,3)4;1-10-8-13(14-9-11(10)2)12-6-4-3-5-7-12;/h9-14H,1-7H3;3-6,8-9H,1-2H3;/q2*-1;. The van der Waals surface area contributed by atoms with E-state index >= 15 is 0 Å². The summed E-state index contributed by atoms with van der Waals surface area (Å²) in [7, 11) is -1.60. The largest absolute Gasteiger partial charge is 0.486 e. The van der Waals surface area contributed by atoms with Gasteiger partial charge in [-0.1, -0.05) is 69.1 Å². The van der Waals surface area contributed by atoms with E-state index in [9.17, 15) is 0 Å². The van der Waals surface area contributed by atoms with Crippen molar-refractivity contribution < 1.29 is 24.5 Å². The molecule has 0 aliphatic heterocycles. The Morgan fingerprint density at radius 1 is 0.814 bits per heavy atom. The van der Waals surface area contributed by atoms with Crippen molar-refractivity contribution in [1.29, 1.82) is 0 Å². The zero-order valence-corrected chi connectivity index (χ0v) is 29.9. The van der Waals surface area contributed by atoms with Crippen molar-refractivity contribution in [2.24, 2.45) is 0 Å². The van der Waals surface area contributed by atoms with Gasteiger partial charge in [0.25, 0.3) is 0 Å². The molecule has 6 heteroatoms. The predicted octanol–water partition coefficient (Wildman–Crippen LogP) is 9.16. The summed E-state index contributed by atoms with van der Waals surface area (Å²) in [6.45, 7) is 20.0. The van der Waals surface area contributed by atoms with Crippen LogP contribution in [0.15, 0.2) is 77.6 Å². The summed E-state index contributed by atoms with van der Waals surface area (Å²) in [5.74, 6) is 0. The third-order valence-corrected chi connectivity index (χ3v) is 9.60. The van der Waals surface area contributed by atoms with Gasteiger partial charge in [-0.15, -0.1) is 53.2 Å². The van der Waals surface area contributed by atoms with Crippen LogP contribution in [0.5, 0.6) is 0 Å². The fourth-order valence-electron chi connectivity index (χ4n) is 4.95. The summed E-state index contributed by atoms with van der Waals surface area (Å²) in [5.41, 5.74) is 10.3. The maximum atomic E-state index is 6.29. The second-order valence-electron chi connectivity index (χ2n) is 13.1. The van der Waals surface area contributed by atoms with Crippen LogP contribution in [-0.2, 0) is 25.5 Å². The van der Waals surface area contributed by atoms with E-state index in [1.807, 2.05) is 42.9 Å². The summed E-state index contributed by atoms with van der Waals surface area (Å²) in [4.78, 5) is 13.6. The molecule has 6 rings (SSSR count). The van der Waals surface area contributed by atoms with Crippen LogP contribution in [0.3, 0.4) is 0 Å². The van der Waals surface area contributed by atoms with Crippen molar-refractivity contribution in [3.05, 3.63) is 108 Å². The molecule has 4 nitrogen and oxygen atoms in total. The number of rotatable bonds is 3. The summed E-state index contributed by atoms with van der Waals surface area (Å²) in [5, 5.41) is 3.63. The van der Waals surface area contributed by atoms with E-state index in [0.717, 1.165) is 39.0 Å². The number of pyridine rings is 3. The maximum absolute atomic E-state index is 6.29. The number of hydrogen-bond acceptors (Lipinski definition) is 4. The SMILES string of the molecule is Cc1cnc(-c2[c-]cccc2)cc1C.Cc1cnc2oc3c(-c4cc(C(C)(C)C)ccn4)[c-]cc([Si](C)(C)C)c3c2c1.[Ir]. The minimum absolute atomic E-state index is 0. The Kier molecular flexibility index (Phi) is 9.56. The normalized spacial score (nSPS) is 11.7. The molecule has 0 fully saturated rings. The minimum atomic E-state index is -1.60. The third kappa shape index (κ3) is 7.04. The van der Waals surface area contributed by atoms with Gasteiger partial charge >= 0.3 is 0 Å². The molecule has 0 spiro atoms. The van der Waals surface area contributed by atoms with Crippen molar-refractivity contribution in [1.82, 2.24) is 15.0 Å².